The Bertz CT molecular complexity index is 936. The van der Waals surface area contributed by atoms with Crippen LogP contribution in [0, 0.1) is 5.82 Å². The van der Waals surface area contributed by atoms with Crippen LogP contribution in [0.5, 0.6) is 0 Å². The number of benzene rings is 2. The molecule has 29 heavy (non-hydrogen) atoms. The highest BCUT2D eigenvalue weighted by Crippen LogP contribution is 2.48. The van der Waals surface area contributed by atoms with Crippen LogP contribution in [0.4, 0.5) is 4.39 Å². The lowest BCUT2D eigenvalue weighted by molar-refractivity contribution is -0.211. The van der Waals surface area contributed by atoms with Crippen molar-refractivity contribution in [3.05, 3.63) is 71.0 Å². The Morgan fingerprint density at radius 1 is 1.00 bits per heavy atom. The van der Waals surface area contributed by atoms with Crippen molar-refractivity contribution < 1.29 is 38.1 Å². The fraction of sp³-hybridized carbons (Fsp3) is 0.286. The lowest BCUT2D eigenvalue weighted by Crippen LogP contribution is -2.68. The molecule has 152 valence electrons. The lowest BCUT2D eigenvalue weighted by atomic mass is 9.69. The van der Waals surface area contributed by atoms with E-state index in [1.54, 1.807) is 0 Å². The minimum Gasteiger partial charge on any atom is -0.462 e. The van der Waals surface area contributed by atoms with E-state index in [4.69, 9.17) is 14.2 Å². The summed E-state index contributed by atoms with van der Waals surface area (Å²) in [6, 6.07) is 10.3. The van der Waals surface area contributed by atoms with Gasteiger partial charge in [0.2, 0.25) is 0 Å². The Balaban J connectivity index is 2.41. The van der Waals surface area contributed by atoms with Gasteiger partial charge in [0.05, 0.1) is 18.8 Å². The summed E-state index contributed by atoms with van der Waals surface area (Å²) in [7, 11) is 0. The van der Waals surface area contributed by atoms with E-state index in [-0.39, 0.29) is 29.9 Å². The summed E-state index contributed by atoms with van der Waals surface area (Å²) in [4.78, 5) is 38.7. The molecule has 0 saturated heterocycles. The lowest BCUT2D eigenvalue weighted by Gasteiger charge is -2.45. The van der Waals surface area contributed by atoms with Crippen LogP contribution in [0.15, 0.2) is 48.5 Å². The fourth-order valence-corrected chi connectivity index (χ4v) is 3.41. The average Bonchev–Trinajstić information content (AvgIpc) is 2.71. The summed E-state index contributed by atoms with van der Waals surface area (Å²) in [5, 5.41) is 11.9. The molecule has 1 atom stereocenters. The molecule has 0 amide bonds. The molecule has 0 aromatic heterocycles. The summed E-state index contributed by atoms with van der Waals surface area (Å²) in [5.41, 5.74) is -5.57. The molecule has 3 rings (SSSR count). The summed E-state index contributed by atoms with van der Waals surface area (Å²) < 4.78 is 28.8. The Morgan fingerprint density at radius 3 is 2.10 bits per heavy atom. The number of aliphatic hydroxyl groups is 1. The van der Waals surface area contributed by atoms with Crippen molar-refractivity contribution in [3.63, 3.8) is 0 Å². The molecule has 0 fully saturated rings. The van der Waals surface area contributed by atoms with Crippen LogP contribution < -0.4 is 0 Å². The Kier molecular flexibility index (Phi) is 5.39. The molecule has 0 aliphatic carbocycles. The summed E-state index contributed by atoms with van der Waals surface area (Å²) >= 11 is 0. The Morgan fingerprint density at radius 2 is 1.55 bits per heavy atom. The van der Waals surface area contributed by atoms with Gasteiger partial charge in [0.15, 0.2) is 5.60 Å². The standard InChI is InChI=1S/C21H19FO7/c1-3-27-18(24)21(19(25)28-4-2)20(26,13-9-11-14(22)12-10-13)16-8-6-5-7-15(16)17(23)29-21/h5-12,26H,3-4H2,1-2H3. The number of ether oxygens (including phenoxy) is 3. The normalized spacial score (nSPS) is 19.7. The van der Waals surface area contributed by atoms with E-state index in [0.29, 0.717) is 0 Å². The second-order valence-corrected chi connectivity index (χ2v) is 6.27. The predicted molar refractivity (Wildman–Crippen MR) is 97.3 cm³/mol. The van der Waals surface area contributed by atoms with E-state index in [0.717, 1.165) is 12.1 Å². The smallest absolute Gasteiger partial charge is 0.366 e. The van der Waals surface area contributed by atoms with Crippen molar-refractivity contribution in [2.75, 3.05) is 13.2 Å². The molecule has 0 saturated carbocycles. The van der Waals surface area contributed by atoms with Gasteiger partial charge in [0.25, 0.3) is 0 Å². The van der Waals surface area contributed by atoms with Crippen molar-refractivity contribution in [1.82, 2.24) is 0 Å². The predicted octanol–water partition coefficient (Wildman–Crippen LogP) is 2.10. The third-order valence-corrected chi connectivity index (χ3v) is 4.68. The van der Waals surface area contributed by atoms with Gasteiger partial charge < -0.3 is 19.3 Å². The quantitative estimate of drug-likeness (QED) is 0.464. The molecule has 1 aliphatic rings. The minimum absolute atomic E-state index is 0.0523. The molecule has 8 heteroatoms. The van der Waals surface area contributed by atoms with E-state index in [9.17, 15) is 23.9 Å². The van der Waals surface area contributed by atoms with Crippen LogP contribution in [0.3, 0.4) is 0 Å². The van der Waals surface area contributed by atoms with Gasteiger partial charge in [0, 0.05) is 5.56 Å². The zero-order valence-electron chi connectivity index (χ0n) is 15.8. The van der Waals surface area contributed by atoms with Gasteiger partial charge in [-0.3, -0.25) is 0 Å². The van der Waals surface area contributed by atoms with Crippen LogP contribution in [0.2, 0.25) is 0 Å². The molecular weight excluding hydrogens is 383 g/mol. The van der Waals surface area contributed by atoms with Crippen LogP contribution in [-0.2, 0) is 29.4 Å². The summed E-state index contributed by atoms with van der Waals surface area (Å²) in [6.07, 6.45) is 0. The first-order chi connectivity index (χ1) is 13.8. The fourth-order valence-electron chi connectivity index (χ4n) is 3.41. The van der Waals surface area contributed by atoms with E-state index in [1.807, 2.05) is 0 Å². The molecule has 2 aromatic rings. The number of carbonyl (C=O) groups excluding carboxylic acids is 3. The molecular formula is C21H19FO7. The van der Waals surface area contributed by atoms with Crippen molar-refractivity contribution in [2.24, 2.45) is 0 Å². The van der Waals surface area contributed by atoms with E-state index < -0.39 is 34.9 Å². The highest BCUT2D eigenvalue weighted by atomic mass is 19.1. The first kappa shape index (κ1) is 20.5. The first-order valence-corrected chi connectivity index (χ1v) is 8.98. The number of carbonyl (C=O) groups is 3. The molecule has 2 aromatic carbocycles. The zero-order valence-corrected chi connectivity index (χ0v) is 15.8. The molecule has 1 unspecified atom stereocenters. The molecule has 1 aliphatic heterocycles. The van der Waals surface area contributed by atoms with Gasteiger partial charge >= 0.3 is 23.5 Å². The largest absolute Gasteiger partial charge is 0.462 e. The third kappa shape index (κ3) is 2.96. The topological polar surface area (TPSA) is 99.1 Å². The number of rotatable bonds is 5. The molecule has 1 heterocycles. The number of cyclic esters (lactones) is 1. The first-order valence-electron chi connectivity index (χ1n) is 8.98. The Labute approximate surface area is 166 Å². The number of hydrogen-bond donors (Lipinski definition) is 1. The van der Waals surface area contributed by atoms with Gasteiger partial charge in [-0.05, 0) is 37.6 Å². The van der Waals surface area contributed by atoms with Gasteiger partial charge in [-0.15, -0.1) is 0 Å². The van der Waals surface area contributed by atoms with Crippen molar-refractivity contribution in [1.29, 1.82) is 0 Å². The summed E-state index contributed by atoms with van der Waals surface area (Å²) in [6.45, 7) is 2.68. The molecule has 0 radical (unpaired) electrons. The maximum Gasteiger partial charge on any atom is 0.366 e. The van der Waals surface area contributed by atoms with Crippen LogP contribution >= 0.6 is 0 Å². The minimum atomic E-state index is -2.87. The van der Waals surface area contributed by atoms with Gasteiger partial charge in [-0.2, -0.15) is 0 Å². The van der Waals surface area contributed by atoms with Crippen LogP contribution in [0.1, 0.15) is 35.3 Å². The van der Waals surface area contributed by atoms with Gasteiger partial charge in [-0.1, -0.05) is 30.3 Å². The van der Waals surface area contributed by atoms with Crippen LogP contribution in [-0.4, -0.2) is 41.8 Å². The molecule has 0 bridgehead atoms. The average molecular weight is 402 g/mol. The van der Waals surface area contributed by atoms with Gasteiger partial charge in [-0.25, -0.2) is 18.8 Å². The second kappa shape index (κ2) is 7.63. The number of halogens is 1. The molecule has 0 spiro atoms. The second-order valence-electron chi connectivity index (χ2n) is 6.27. The Hall–Kier alpha value is -3.26. The van der Waals surface area contributed by atoms with Crippen LogP contribution in [0.25, 0.3) is 0 Å². The SMILES string of the molecule is CCOC(=O)C1(C(=O)OCC)OC(=O)c2ccccc2C1(O)c1ccc(F)cc1. The van der Waals surface area contributed by atoms with E-state index in [2.05, 4.69) is 0 Å². The highest BCUT2D eigenvalue weighted by Gasteiger charge is 2.71. The monoisotopic (exact) mass is 402 g/mol. The van der Waals surface area contributed by atoms with Crippen molar-refractivity contribution >= 4 is 17.9 Å². The van der Waals surface area contributed by atoms with Crippen molar-refractivity contribution in [3.8, 4) is 0 Å². The molecule has 1 N–H and O–H groups in total. The number of hydrogen-bond acceptors (Lipinski definition) is 7. The third-order valence-electron chi connectivity index (χ3n) is 4.68. The highest BCUT2D eigenvalue weighted by molar-refractivity contribution is 6.11. The van der Waals surface area contributed by atoms with Crippen molar-refractivity contribution in [2.45, 2.75) is 25.0 Å². The maximum absolute atomic E-state index is 13.5. The zero-order chi connectivity index (χ0) is 21.2. The maximum atomic E-state index is 13.5. The molecule has 7 nitrogen and oxygen atoms in total. The summed E-state index contributed by atoms with van der Waals surface area (Å²) in [5.74, 6) is -4.20. The number of esters is 3. The number of fused-ring (bicyclic) bond motifs is 1. The van der Waals surface area contributed by atoms with Gasteiger partial charge in [0.1, 0.15) is 5.82 Å². The van der Waals surface area contributed by atoms with E-state index >= 15 is 0 Å². The van der Waals surface area contributed by atoms with E-state index in [1.165, 1.54) is 50.2 Å².